The summed E-state index contributed by atoms with van der Waals surface area (Å²) >= 11 is 0. The lowest BCUT2D eigenvalue weighted by Crippen LogP contribution is -2.01. The average molecular weight is 251 g/mol. The largest absolute Gasteiger partial charge is 0.366 e. The maximum absolute atomic E-state index is 8.82. The van der Waals surface area contributed by atoms with Gasteiger partial charge in [-0.05, 0) is 29.2 Å². The molecule has 19 heavy (non-hydrogen) atoms. The number of nitriles is 1. The predicted octanol–water partition coefficient (Wildman–Crippen LogP) is 3.69. The van der Waals surface area contributed by atoms with Crippen molar-refractivity contribution in [2.45, 2.75) is 26.3 Å². The molecule has 0 atom stereocenters. The normalized spacial score (nSPS) is 10.2. The Morgan fingerprint density at radius 2 is 1.95 bits per heavy atom. The standard InChI is InChI=1S/C16H17N3/c1-12(2)15-5-3-13(4-6-15)11-19-16-9-14(10-17)7-8-18-16/h3-9,12H,11H2,1-2H3,(H,18,19). The Hall–Kier alpha value is -2.34. The molecule has 0 saturated carbocycles. The number of nitrogens with one attached hydrogen (secondary N) is 1. The van der Waals surface area contributed by atoms with Gasteiger partial charge in [-0.3, -0.25) is 0 Å². The van der Waals surface area contributed by atoms with E-state index in [4.69, 9.17) is 5.26 Å². The van der Waals surface area contributed by atoms with Gasteiger partial charge in [-0.15, -0.1) is 0 Å². The maximum Gasteiger partial charge on any atom is 0.127 e. The Labute approximate surface area is 113 Å². The summed E-state index contributed by atoms with van der Waals surface area (Å²) in [4.78, 5) is 4.19. The highest BCUT2D eigenvalue weighted by Gasteiger charge is 2.00. The van der Waals surface area contributed by atoms with Crippen LogP contribution in [0.3, 0.4) is 0 Å². The number of hydrogen-bond donors (Lipinski definition) is 1. The Morgan fingerprint density at radius 3 is 2.58 bits per heavy atom. The lowest BCUT2D eigenvalue weighted by atomic mass is 10.0. The molecule has 0 aliphatic rings. The van der Waals surface area contributed by atoms with E-state index in [-0.39, 0.29) is 0 Å². The van der Waals surface area contributed by atoms with Gasteiger partial charge in [0, 0.05) is 12.7 Å². The quantitative estimate of drug-likeness (QED) is 0.901. The van der Waals surface area contributed by atoms with Crippen molar-refractivity contribution in [1.29, 1.82) is 5.26 Å². The van der Waals surface area contributed by atoms with E-state index < -0.39 is 0 Å². The smallest absolute Gasteiger partial charge is 0.127 e. The second kappa shape index (κ2) is 6.01. The van der Waals surface area contributed by atoms with Crippen molar-refractivity contribution in [1.82, 2.24) is 4.98 Å². The summed E-state index contributed by atoms with van der Waals surface area (Å²) in [7, 11) is 0. The third-order valence-corrected chi connectivity index (χ3v) is 3.01. The van der Waals surface area contributed by atoms with Crippen molar-refractivity contribution >= 4 is 5.82 Å². The zero-order valence-electron chi connectivity index (χ0n) is 11.2. The summed E-state index contributed by atoms with van der Waals surface area (Å²) in [6.07, 6.45) is 1.64. The molecule has 0 aliphatic carbocycles. The lowest BCUT2D eigenvalue weighted by molar-refractivity contribution is 0.865. The highest BCUT2D eigenvalue weighted by atomic mass is 15.0. The summed E-state index contributed by atoms with van der Waals surface area (Å²) in [5.41, 5.74) is 3.16. The molecule has 3 nitrogen and oxygen atoms in total. The third kappa shape index (κ3) is 3.56. The fourth-order valence-electron chi connectivity index (χ4n) is 1.81. The van der Waals surface area contributed by atoms with Gasteiger partial charge < -0.3 is 5.32 Å². The molecule has 2 rings (SSSR count). The van der Waals surface area contributed by atoms with Crippen LogP contribution < -0.4 is 5.32 Å². The monoisotopic (exact) mass is 251 g/mol. The van der Waals surface area contributed by atoms with Gasteiger partial charge in [-0.1, -0.05) is 38.1 Å². The van der Waals surface area contributed by atoms with Crippen LogP contribution >= 0.6 is 0 Å². The van der Waals surface area contributed by atoms with E-state index in [1.54, 1.807) is 18.3 Å². The molecule has 0 radical (unpaired) electrons. The van der Waals surface area contributed by atoms with Crippen molar-refractivity contribution in [3.05, 3.63) is 59.3 Å². The number of benzene rings is 1. The molecular weight excluding hydrogens is 234 g/mol. The highest BCUT2D eigenvalue weighted by Crippen LogP contribution is 2.15. The molecule has 96 valence electrons. The van der Waals surface area contributed by atoms with Crippen molar-refractivity contribution in [2.75, 3.05) is 5.32 Å². The van der Waals surface area contributed by atoms with Gasteiger partial charge in [0.15, 0.2) is 0 Å². The van der Waals surface area contributed by atoms with Gasteiger partial charge in [0.05, 0.1) is 11.6 Å². The average Bonchev–Trinajstić information content (AvgIpc) is 2.46. The number of hydrogen-bond acceptors (Lipinski definition) is 3. The zero-order valence-corrected chi connectivity index (χ0v) is 11.2. The van der Waals surface area contributed by atoms with E-state index in [9.17, 15) is 0 Å². The number of nitrogens with zero attached hydrogens (tertiary/aromatic N) is 2. The molecule has 1 aromatic carbocycles. The summed E-state index contributed by atoms with van der Waals surface area (Å²) < 4.78 is 0. The second-order valence-corrected chi connectivity index (χ2v) is 4.79. The van der Waals surface area contributed by atoms with Crippen LogP contribution in [-0.2, 0) is 6.54 Å². The second-order valence-electron chi connectivity index (χ2n) is 4.79. The Kier molecular flexibility index (Phi) is 4.15. The van der Waals surface area contributed by atoms with Crippen molar-refractivity contribution in [3.63, 3.8) is 0 Å². The fourth-order valence-corrected chi connectivity index (χ4v) is 1.81. The van der Waals surface area contributed by atoms with Crippen LogP contribution in [0.4, 0.5) is 5.82 Å². The molecule has 0 aliphatic heterocycles. The lowest BCUT2D eigenvalue weighted by Gasteiger charge is -2.08. The van der Waals surface area contributed by atoms with Gasteiger partial charge >= 0.3 is 0 Å². The molecule has 2 aromatic rings. The van der Waals surface area contributed by atoms with E-state index in [1.165, 1.54) is 11.1 Å². The van der Waals surface area contributed by atoms with Crippen LogP contribution in [0.25, 0.3) is 0 Å². The number of rotatable bonds is 4. The minimum atomic E-state index is 0.552. The zero-order chi connectivity index (χ0) is 13.7. The molecule has 0 amide bonds. The Morgan fingerprint density at radius 1 is 1.21 bits per heavy atom. The summed E-state index contributed by atoms with van der Waals surface area (Å²) in [5, 5.41) is 12.0. The van der Waals surface area contributed by atoms with Crippen LogP contribution in [0.5, 0.6) is 0 Å². The van der Waals surface area contributed by atoms with Crippen LogP contribution in [0.1, 0.15) is 36.5 Å². The molecule has 0 fully saturated rings. The molecular formula is C16H17N3. The molecule has 0 bridgehead atoms. The number of anilines is 1. The van der Waals surface area contributed by atoms with E-state index in [1.807, 2.05) is 0 Å². The van der Waals surface area contributed by atoms with Gasteiger partial charge in [0.25, 0.3) is 0 Å². The molecule has 0 spiro atoms. The van der Waals surface area contributed by atoms with Gasteiger partial charge in [-0.25, -0.2) is 4.98 Å². The fraction of sp³-hybridized carbons (Fsp3) is 0.250. The number of pyridine rings is 1. The highest BCUT2D eigenvalue weighted by molar-refractivity contribution is 5.43. The van der Waals surface area contributed by atoms with Crippen molar-refractivity contribution < 1.29 is 0 Å². The Balaban J connectivity index is 2.00. The minimum absolute atomic E-state index is 0.552. The molecule has 1 heterocycles. The molecule has 0 saturated heterocycles. The third-order valence-electron chi connectivity index (χ3n) is 3.01. The summed E-state index contributed by atoms with van der Waals surface area (Å²) in [5.74, 6) is 1.28. The summed E-state index contributed by atoms with van der Waals surface area (Å²) in [6.45, 7) is 5.08. The summed E-state index contributed by atoms with van der Waals surface area (Å²) in [6, 6.07) is 14.1. The van der Waals surface area contributed by atoms with E-state index in [0.29, 0.717) is 18.0 Å². The van der Waals surface area contributed by atoms with Crippen molar-refractivity contribution in [3.8, 4) is 6.07 Å². The first kappa shape index (κ1) is 13.1. The van der Waals surface area contributed by atoms with Gasteiger partial charge in [-0.2, -0.15) is 5.26 Å². The van der Waals surface area contributed by atoms with Gasteiger partial charge in [0.1, 0.15) is 5.82 Å². The van der Waals surface area contributed by atoms with Crippen molar-refractivity contribution in [2.24, 2.45) is 0 Å². The van der Waals surface area contributed by atoms with Crippen LogP contribution in [-0.4, -0.2) is 4.98 Å². The minimum Gasteiger partial charge on any atom is -0.366 e. The molecule has 1 N–H and O–H groups in total. The van der Waals surface area contributed by atoms with Gasteiger partial charge in [0.2, 0.25) is 0 Å². The number of aromatic nitrogens is 1. The van der Waals surface area contributed by atoms with E-state index in [0.717, 1.165) is 5.82 Å². The van der Waals surface area contributed by atoms with E-state index in [2.05, 4.69) is 54.5 Å². The predicted molar refractivity (Wildman–Crippen MR) is 76.8 cm³/mol. The molecule has 3 heteroatoms. The SMILES string of the molecule is CC(C)c1ccc(CNc2cc(C#N)ccn2)cc1. The van der Waals surface area contributed by atoms with Crippen LogP contribution in [0.2, 0.25) is 0 Å². The topological polar surface area (TPSA) is 48.7 Å². The van der Waals surface area contributed by atoms with Crippen LogP contribution in [0, 0.1) is 11.3 Å². The first-order valence-electron chi connectivity index (χ1n) is 6.38. The first-order valence-corrected chi connectivity index (χ1v) is 6.38. The van der Waals surface area contributed by atoms with Crippen LogP contribution in [0.15, 0.2) is 42.6 Å². The first-order chi connectivity index (χ1) is 9.19. The molecule has 1 aromatic heterocycles. The Bertz CT molecular complexity index is 580. The maximum atomic E-state index is 8.82. The van der Waals surface area contributed by atoms with E-state index >= 15 is 0 Å². The molecule has 0 unspecified atom stereocenters.